The maximum atomic E-state index is 11.6. The second-order valence-electron chi connectivity index (χ2n) is 5.73. The molecule has 1 saturated heterocycles. The van der Waals surface area contributed by atoms with E-state index in [-0.39, 0.29) is 5.75 Å². The number of piperidine rings is 1. The normalized spacial score (nSPS) is 26.0. The second kappa shape index (κ2) is 5.61. The SMILES string of the molecule is CC1CC(C)CN(C(C(=O)O)c2ccc(O)cc2)C1. The van der Waals surface area contributed by atoms with Crippen LogP contribution in [-0.2, 0) is 4.79 Å². The number of likely N-dealkylation sites (tertiary alicyclic amines) is 1. The Morgan fingerprint density at radius 1 is 1.21 bits per heavy atom. The molecule has 1 heterocycles. The fourth-order valence-corrected chi connectivity index (χ4v) is 3.09. The van der Waals surface area contributed by atoms with Gasteiger partial charge in [0.05, 0.1) is 0 Å². The molecule has 1 aliphatic rings. The number of benzene rings is 1. The molecule has 3 unspecified atom stereocenters. The fourth-order valence-electron chi connectivity index (χ4n) is 3.09. The minimum atomic E-state index is -0.827. The lowest BCUT2D eigenvalue weighted by Gasteiger charge is -2.38. The van der Waals surface area contributed by atoms with Gasteiger partial charge in [-0.2, -0.15) is 0 Å². The Balaban J connectivity index is 2.24. The van der Waals surface area contributed by atoms with Crippen LogP contribution in [0.1, 0.15) is 31.9 Å². The van der Waals surface area contributed by atoms with Crippen LogP contribution in [0.15, 0.2) is 24.3 Å². The van der Waals surface area contributed by atoms with Crippen molar-refractivity contribution in [2.45, 2.75) is 26.3 Å². The van der Waals surface area contributed by atoms with Crippen LogP contribution in [0.3, 0.4) is 0 Å². The zero-order valence-electron chi connectivity index (χ0n) is 11.4. The molecule has 2 N–H and O–H groups in total. The summed E-state index contributed by atoms with van der Waals surface area (Å²) in [6, 6.07) is 5.85. The van der Waals surface area contributed by atoms with E-state index >= 15 is 0 Å². The van der Waals surface area contributed by atoms with Crippen LogP contribution in [0, 0.1) is 11.8 Å². The van der Waals surface area contributed by atoms with Crippen molar-refractivity contribution in [1.82, 2.24) is 4.90 Å². The van der Waals surface area contributed by atoms with Gasteiger partial charge in [-0.25, -0.2) is 0 Å². The zero-order chi connectivity index (χ0) is 14.0. The minimum absolute atomic E-state index is 0.160. The van der Waals surface area contributed by atoms with Crippen molar-refractivity contribution < 1.29 is 15.0 Å². The smallest absolute Gasteiger partial charge is 0.325 e. The second-order valence-corrected chi connectivity index (χ2v) is 5.73. The van der Waals surface area contributed by atoms with Crippen LogP contribution < -0.4 is 0 Å². The van der Waals surface area contributed by atoms with Crippen molar-refractivity contribution >= 4 is 5.97 Å². The molecule has 19 heavy (non-hydrogen) atoms. The predicted molar refractivity (Wildman–Crippen MR) is 73.0 cm³/mol. The Kier molecular flexibility index (Phi) is 4.10. The third-order valence-corrected chi connectivity index (χ3v) is 3.70. The van der Waals surface area contributed by atoms with Crippen molar-refractivity contribution in [2.24, 2.45) is 11.8 Å². The molecule has 3 atom stereocenters. The molecule has 0 spiro atoms. The van der Waals surface area contributed by atoms with Gasteiger partial charge in [-0.3, -0.25) is 9.69 Å². The monoisotopic (exact) mass is 263 g/mol. The van der Waals surface area contributed by atoms with Gasteiger partial charge in [0.25, 0.3) is 0 Å². The average molecular weight is 263 g/mol. The van der Waals surface area contributed by atoms with Crippen molar-refractivity contribution in [2.75, 3.05) is 13.1 Å². The number of carboxylic acids is 1. The van der Waals surface area contributed by atoms with E-state index in [2.05, 4.69) is 13.8 Å². The van der Waals surface area contributed by atoms with Crippen molar-refractivity contribution in [3.63, 3.8) is 0 Å². The molecule has 0 saturated carbocycles. The van der Waals surface area contributed by atoms with Crippen LogP contribution in [0.2, 0.25) is 0 Å². The van der Waals surface area contributed by atoms with Crippen LogP contribution in [0.25, 0.3) is 0 Å². The first kappa shape index (κ1) is 13.9. The van der Waals surface area contributed by atoms with Gasteiger partial charge in [0.1, 0.15) is 11.8 Å². The third-order valence-electron chi connectivity index (χ3n) is 3.70. The highest BCUT2D eigenvalue weighted by Crippen LogP contribution is 2.30. The molecule has 0 bridgehead atoms. The Labute approximate surface area is 113 Å². The van der Waals surface area contributed by atoms with E-state index in [1.54, 1.807) is 24.3 Å². The van der Waals surface area contributed by atoms with Crippen LogP contribution in [-0.4, -0.2) is 34.2 Å². The first-order chi connectivity index (χ1) is 8.97. The summed E-state index contributed by atoms with van der Waals surface area (Å²) < 4.78 is 0. The van der Waals surface area contributed by atoms with E-state index in [0.717, 1.165) is 25.1 Å². The number of carboxylic acid groups (broad SMARTS) is 1. The lowest BCUT2D eigenvalue weighted by atomic mass is 9.89. The van der Waals surface area contributed by atoms with Crippen LogP contribution in [0.4, 0.5) is 0 Å². The standard InChI is InChI=1S/C15H21NO3/c1-10-7-11(2)9-16(8-10)14(15(18)19)12-3-5-13(17)6-4-12/h3-6,10-11,14,17H,7-9H2,1-2H3,(H,18,19). The summed E-state index contributed by atoms with van der Waals surface area (Å²) >= 11 is 0. The summed E-state index contributed by atoms with van der Waals surface area (Å²) in [4.78, 5) is 13.6. The van der Waals surface area contributed by atoms with Crippen molar-refractivity contribution in [1.29, 1.82) is 0 Å². The Morgan fingerprint density at radius 3 is 2.21 bits per heavy atom. The number of aromatic hydroxyl groups is 1. The van der Waals surface area contributed by atoms with E-state index in [1.807, 2.05) is 4.90 Å². The van der Waals surface area contributed by atoms with Gasteiger partial charge in [-0.1, -0.05) is 26.0 Å². The van der Waals surface area contributed by atoms with E-state index in [4.69, 9.17) is 0 Å². The molecule has 0 amide bonds. The summed E-state index contributed by atoms with van der Waals surface area (Å²) in [5.41, 5.74) is 0.728. The predicted octanol–water partition coefficient (Wildman–Crippen LogP) is 2.50. The van der Waals surface area contributed by atoms with Crippen molar-refractivity contribution in [3.8, 4) is 5.75 Å². The lowest BCUT2D eigenvalue weighted by Crippen LogP contribution is -2.43. The summed E-state index contributed by atoms with van der Waals surface area (Å²) in [6.07, 6.45) is 1.15. The van der Waals surface area contributed by atoms with Gasteiger partial charge in [0.15, 0.2) is 0 Å². The summed E-state index contributed by atoms with van der Waals surface area (Å²) in [5, 5.41) is 18.8. The molecule has 4 nitrogen and oxygen atoms in total. The van der Waals surface area contributed by atoms with Gasteiger partial charge >= 0.3 is 5.97 Å². The zero-order valence-corrected chi connectivity index (χ0v) is 11.4. The quantitative estimate of drug-likeness (QED) is 0.879. The fraction of sp³-hybridized carbons (Fsp3) is 0.533. The summed E-state index contributed by atoms with van der Waals surface area (Å²) in [5.74, 6) is 0.366. The number of nitrogens with zero attached hydrogens (tertiary/aromatic N) is 1. The van der Waals surface area contributed by atoms with Gasteiger partial charge in [0.2, 0.25) is 0 Å². The van der Waals surface area contributed by atoms with E-state index in [9.17, 15) is 15.0 Å². The van der Waals surface area contributed by atoms with Crippen LogP contribution in [0.5, 0.6) is 5.75 Å². The highest BCUT2D eigenvalue weighted by Gasteiger charge is 2.32. The number of phenols is 1. The summed E-state index contributed by atoms with van der Waals surface area (Å²) in [6.45, 7) is 5.95. The molecule has 0 aliphatic carbocycles. The molecule has 2 rings (SSSR count). The maximum absolute atomic E-state index is 11.6. The Morgan fingerprint density at radius 2 is 1.74 bits per heavy atom. The highest BCUT2D eigenvalue weighted by atomic mass is 16.4. The average Bonchev–Trinajstić information content (AvgIpc) is 2.30. The third kappa shape index (κ3) is 3.26. The number of hydrogen-bond acceptors (Lipinski definition) is 3. The largest absolute Gasteiger partial charge is 0.508 e. The first-order valence-corrected chi connectivity index (χ1v) is 6.73. The van der Waals surface area contributed by atoms with E-state index in [1.165, 1.54) is 0 Å². The molecular weight excluding hydrogens is 242 g/mol. The molecule has 1 aliphatic heterocycles. The Bertz CT molecular complexity index is 433. The highest BCUT2D eigenvalue weighted by molar-refractivity contribution is 5.75. The van der Waals surface area contributed by atoms with Gasteiger partial charge in [0, 0.05) is 13.1 Å². The van der Waals surface area contributed by atoms with Crippen molar-refractivity contribution in [3.05, 3.63) is 29.8 Å². The van der Waals surface area contributed by atoms with Gasteiger partial charge < -0.3 is 10.2 Å². The number of rotatable bonds is 3. The lowest BCUT2D eigenvalue weighted by molar-refractivity contribution is -0.144. The molecule has 0 radical (unpaired) electrons. The molecule has 1 aromatic rings. The van der Waals surface area contributed by atoms with E-state index in [0.29, 0.717) is 11.8 Å². The topological polar surface area (TPSA) is 60.8 Å². The van der Waals surface area contributed by atoms with Gasteiger partial charge in [-0.15, -0.1) is 0 Å². The molecule has 4 heteroatoms. The number of phenolic OH excluding ortho intramolecular Hbond substituents is 1. The molecule has 0 aromatic heterocycles. The number of carbonyl (C=O) groups is 1. The molecule has 104 valence electrons. The number of hydrogen-bond donors (Lipinski definition) is 2. The molecule has 1 fully saturated rings. The molecule has 1 aromatic carbocycles. The first-order valence-electron chi connectivity index (χ1n) is 6.73. The number of aliphatic carboxylic acids is 1. The van der Waals surface area contributed by atoms with Crippen LogP contribution >= 0.6 is 0 Å². The molecular formula is C15H21NO3. The van der Waals surface area contributed by atoms with Gasteiger partial charge in [-0.05, 0) is 36.0 Å². The summed E-state index contributed by atoms with van der Waals surface area (Å²) in [7, 11) is 0. The maximum Gasteiger partial charge on any atom is 0.325 e. The Hall–Kier alpha value is -1.55. The van der Waals surface area contributed by atoms with E-state index < -0.39 is 12.0 Å². The minimum Gasteiger partial charge on any atom is -0.508 e.